The minimum atomic E-state index is 0.539. The van der Waals surface area contributed by atoms with Gasteiger partial charge in [0.05, 0.1) is 0 Å². The summed E-state index contributed by atoms with van der Waals surface area (Å²) >= 11 is 17.8. The summed E-state index contributed by atoms with van der Waals surface area (Å²) in [5, 5.41) is 4.70. The van der Waals surface area contributed by atoms with E-state index in [2.05, 4.69) is 17.4 Å². The van der Waals surface area contributed by atoms with Crippen LogP contribution in [0.2, 0.25) is 10.0 Å². The standard InChI is InChI=1S/C15H14Cl3N/c16-8-11-2-1-3-12(6-11)9-19-10-13-4-5-14(17)7-15(13)18/h1-7,19H,8-10H2. The topological polar surface area (TPSA) is 12.0 Å². The largest absolute Gasteiger partial charge is 0.309 e. The fraction of sp³-hybridized carbons (Fsp3) is 0.200. The van der Waals surface area contributed by atoms with Gasteiger partial charge in [0, 0.05) is 29.0 Å². The van der Waals surface area contributed by atoms with Crippen molar-refractivity contribution in [1.29, 1.82) is 0 Å². The molecular formula is C15H14Cl3N. The lowest BCUT2D eigenvalue weighted by Gasteiger charge is -2.08. The molecule has 19 heavy (non-hydrogen) atoms. The van der Waals surface area contributed by atoms with E-state index in [4.69, 9.17) is 34.8 Å². The molecule has 0 aliphatic carbocycles. The lowest BCUT2D eigenvalue weighted by atomic mass is 10.1. The van der Waals surface area contributed by atoms with Crippen LogP contribution in [0.25, 0.3) is 0 Å². The second-order valence-electron chi connectivity index (χ2n) is 4.29. The zero-order valence-electron chi connectivity index (χ0n) is 10.3. The number of hydrogen-bond acceptors (Lipinski definition) is 1. The first-order valence-corrected chi connectivity index (χ1v) is 7.26. The Kier molecular flexibility index (Phi) is 5.53. The smallest absolute Gasteiger partial charge is 0.0474 e. The van der Waals surface area contributed by atoms with Crippen LogP contribution in [0.15, 0.2) is 42.5 Å². The van der Waals surface area contributed by atoms with Gasteiger partial charge in [-0.15, -0.1) is 11.6 Å². The maximum atomic E-state index is 6.12. The monoisotopic (exact) mass is 313 g/mol. The summed E-state index contributed by atoms with van der Waals surface area (Å²) in [5.41, 5.74) is 3.38. The van der Waals surface area contributed by atoms with E-state index < -0.39 is 0 Å². The molecular weight excluding hydrogens is 301 g/mol. The van der Waals surface area contributed by atoms with E-state index >= 15 is 0 Å². The molecule has 0 bridgehead atoms. The molecule has 0 radical (unpaired) electrons. The fourth-order valence-corrected chi connectivity index (χ4v) is 2.47. The molecule has 0 unspecified atom stereocenters. The quantitative estimate of drug-likeness (QED) is 0.764. The SMILES string of the molecule is ClCc1cccc(CNCc2ccc(Cl)cc2Cl)c1. The van der Waals surface area contributed by atoms with E-state index in [1.807, 2.05) is 24.3 Å². The molecule has 0 amide bonds. The van der Waals surface area contributed by atoms with Crippen molar-refractivity contribution in [2.75, 3.05) is 0 Å². The predicted octanol–water partition coefficient (Wildman–Crippen LogP) is 5.02. The molecule has 0 fully saturated rings. The normalized spacial score (nSPS) is 10.7. The number of hydrogen-bond donors (Lipinski definition) is 1. The number of nitrogens with one attached hydrogen (secondary N) is 1. The Labute approximate surface area is 128 Å². The maximum Gasteiger partial charge on any atom is 0.0474 e. The highest BCUT2D eigenvalue weighted by Gasteiger charge is 2.01. The molecule has 0 spiro atoms. The van der Waals surface area contributed by atoms with E-state index in [0.29, 0.717) is 22.5 Å². The van der Waals surface area contributed by atoms with Crippen molar-refractivity contribution in [3.63, 3.8) is 0 Å². The van der Waals surface area contributed by atoms with Crippen molar-refractivity contribution < 1.29 is 0 Å². The molecule has 1 nitrogen and oxygen atoms in total. The molecule has 0 saturated heterocycles. The molecule has 0 aliphatic rings. The minimum absolute atomic E-state index is 0.539. The van der Waals surface area contributed by atoms with Crippen LogP contribution in [0.3, 0.4) is 0 Å². The number of alkyl halides is 1. The Morgan fingerprint density at radius 2 is 1.68 bits per heavy atom. The zero-order chi connectivity index (χ0) is 13.7. The lowest BCUT2D eigenvalue weighted by Crippen LogP contribution is -2.13. The van der Waals surface area contributed by atoms with E-state index in [0.717, 1.165) is 17.7 Å². The Bertz CT molecular complexity index is 555. The third-order valence-electron chi connectivity index (χ3n) is 2.81. The highest BCUT2D eigenvalue weighted by molar-refractivity contribution is 6.35. The van der Waals surface area contributed by atoms with Crippen molar-refractivity contribution in [3.8, 4) is 0 Å². The van der Waals surface area contributed by atoms with Crippen molar-refractivity contribution in [1.82, 2.24) is 5.32 Å². The minimum Gasteiger partial charge on any atom is -0.309 e. The summed E-state index contributed by atoms with van der Waals surface area (Å²) < 4.78 is 0. The maximum absolute atomic E-state index is 6.12. The average molecular weight is 315 g/mol. The molecule has 2 aromatic carbocycles. The van der Waals surface area contributed by atoms with Crippen LogP contribution in [0.5, 0.6) is 0 Å². The molecule has 0 atom stereocenters. The van der Waals surface area contributed by atoms with Crippen LogP contribution in [-0.2, 0) is 19.0 Å². The average Bonchev–Trinajstić information content (AvgIpc) is 2.41. The molecule has 0 saturated carbocycles. The second-order valence-corrected chi connectivity index (χ2v) is 5.40. The van der Waals surface area contributed by atoms with Gasteiger partial charge in [-0.1, -0.05) is 53.5 Å². The Hall–Kier alpha value is -0.730. The summed E-state index contributed by atoms with van der Waals surface area (Å²) in [4.78, 5) is 0. The van der Waals surface area contributed by atoms with Crippen LogP contribution in [-0.4, -0.2) is 0 Å². The molecule has 0 heterocycles. The van der Waals surface area contributed by atoms with Crippen molar-refractivity contribution in [2.24, 2.45) is 0 Å². The summed E-state index contributed by atoms with van der Waals surface area (Å²) in [5.74, 6) is 0.539. The number of halogens is 3. The first kappa shape index (κ1) is 14.7. The van der Waals surface area contributed by atoms with Gasteiger partial charge in [0.2, 0.25) is 0 Å². The Morgan fingerprint density at radius 3 is 2.42 bits per heavy atom. The number of benzene rings is 2. The lowest BCUT2D eigenvalue weighted by molar-refractivity contribution is 0.693. The van der Waals surface area contributed by atoms with Gasteiger partial charge in [-0.25, -0.2) is 0 Å². The van der Waals surface area contributed by atoms with Gasteiger partial charge in [-0.3, -0.25) is 0 Å². The van der Waals surface area contributed by atoms with E-state index in [1.54, 1.807) is 6.07 Å². The van der Waals surface area contributed by atoms with Crippen LogP contribution < -0.4 is 5.32 Å². The molecule has 0 aliphatic heterocycles. The van der Waals surface area contributed by atoms with E-state index in [-0.39, 0.29) is 0 Å². The van der Waals surface area contributed by atoms with Crippen LogP contribution in [0.4, 0.5) is 0 Å². The summed E-state index contributed by atoms with van der Waals surface area (Å²) in [6.07, 6.45) is 0. The van der Waals surface area contributed by atoms with Crippen LogP contribution in [0, 0.1) is 0 Å². The van der Waals surface area contributed by atoms with Gasteiger partial charge >= 0.3 is 0 Å². The van der Waals surface area contributed by atoms with Gasteiger partial charge in [-0.05, 0) is 28.8 Å². The summed E-state index contributed by atoms with van der Waals surface area (Å²) in [6.45, 7) is 1.49. The van der Waals surface area contributed by atoms with Crippen LogP contribution >= 0.6 is 34.8 Å². The molecule has 2 aromatic rings. The highest BCUT2D eigenvalue weighted by Crippen LogP contribution is 2.20. The van der Waals surface area contributed by atoms with Crippen LogP contribution in [0.1, 0.15) is 16.7 Å². The van der Waals surface area contributed by atoms with Crippen molar-refractivity contribution in [3.05, 3.63) is 69.2 Å². The number of rotatable bonds is 5. The first-order valence-electron chi connectivity index (χ1n) is 5.97. The van der Waals surface area contributed by atoms with Gasteiger partial charge in [0.1, 0.15) is 0 Å². The molecule has 100 valence electrons. The van der Waals surface area contributed by atoms with E-state index in [1.165, 1.54) is 5.56 Å². The first-order chi connectivity index (χ1) is 9.19. The van der Waals surface area contributed by atoms with Crippen molar-refractivity contribution in [2.45, 2.75) is 19.0 Å². The molecule has 2 rings (SSSR count). The fourth-order valence-electron chi connectivity index (χ4n) is 1.83. The highest BCUT2D eigenvalue weighted by atomic mass is 35.5. The molecule has 4 heteroatoms. The third-order valence-corrected chi connectivity index (χ3v) is 3.70. The Balaban J connectivity index is 1.92. The molecule has 1 N–H and O–H groups in total. The van der Waals surface area contributed by atoms with Crippen molar-refractivity contribution >= 4 is 34.8 Å². The summed E-state index contributed by atoms with van der Waals surface area (Å²) in [7, 11) is 0. The zero-order valence-corrected chi connectivity index (χ0v) is 12.6. The van der Waals surface area contributed by atoms with E-state index in [9.17, 15) is 0 Å². The molecule has 0 aromatic heterocycles. The van der Waals surface area contributed by atoms with Gasteiger partial charge in [0.15, 0.2) is 0 Å². The second kappa shape index (κ2) is 7.16. The van der Waals surface area contributed by atoms with Gasteiger partial charge in [-0.2, -0.15) is 0 Å². The third kappa shape index (κ3) is 4.39. The van der Waals surface area contributed by atoms with Gasteiger partial charge < -0.3 is 5.32 Å². The predicted molar refractivity (Wildman–Crippen MR) is 83.0 cm³/mol. The van der Waals surface area contributed by atoms with Gasteiger partial charge in [0.25, 0.3) is 0 Å². The Morgan fingerprint density at radius 1 is 0.895 bits per heavy atom. The summed E-state index contributed by atoms with van der Waals surface area (Å²) in [6, 6.07) is 13.8.